The van der Waals surface area contributed by atoms with Crippen LogP contribution in [0.1, 0.15) is 0 Å². The van der Waals surface area contributed by atoms with E-state index in [0.717, 1.165) is 61.2 Å². The molecule has 0 atom stereocenters. The molecule has 3 heterocycles. The molecule has 1 aliphatic rings. The van der Waals surface area contributed by atoms with Gasteiger partial charge in [-0.3, -0.25) is 0 Å². The zero-order valence-corrected chi connectivity index (χ0v) is 29.3. The van der Waals surface area contributed by atoms with E-state index in [0.29, 0.717) is 5.82 Å². The minimum atomic E-state index is 0.711. The molecule has 2 aromatic heterocycles. The van der Waals surface area contributed by atoms with E-state index in [4.69, 9.17) is 9.97 Å². The third kappa shape index (κ3) is 4.57. The van der Waals surface area contributed by atoms with E-state index in [1.165, 1.54) is 33.3 Å². The molecule has 10 aromatic rings. The van der Waals surface area contributed by atoms with Crippen LogP contribution >= 0.6 is 0 Å². The van der Waals surface area contributed by atoms with Crippen molar-refractivity contribution in [2.75, 3.05) is 4.90 Å². The number of para-hydroxylation sites is 5. The largest absolute Gasteiger partial charge is 0.309 e. The molecule has 0 amide bonds. The summed E-state index contributed by atoms with van der Waals surface area (Å²) in [6.45, 7) is 0. The molecule has 0 N–H and O–H groups in total. The molecule has 0 radical (unpaired) electrons. The van der Waals surface area contributed by atoms with Crippen LogP contribution in [-0.2, 0) is 0 Å². The lowest BCUT2D eigenvalue weighted by molar-refractivity contribution is 1.13. The van der Waals surface area contributed by atoms with E-state index in [1.807, 2.05) is 12.1 Å². The third-order valence-electron chi connectivity index (χ3n) is 10.7. The standard InChI is InChI=1S/C50H32N4/c1-3-17-33(18-4-1)48-38-23-9-13-27-42(38)51-50(52-48)37-31-32-46(36-22-8-7-21-35(36)37)54-44-29-15-11-25-40(44)47-39-24-10-14-28-43(39)53(34-19-5-2-6-20-34)49(47)41-26-12-16-30-45(41)54/h1-32H. The van der Waals surface area contributed by atoms with Crippen LogP contribution in [0.4, 0.5) is 17.1 Å². The van der Waals surface area contributed by atoms with Gasteiger partial charge in [-0.05, 0) is 53.9 Å². The van der Waals surface area contributed by atoms with Crippen LogP contribution in [0.3, 0.4) is 0 Å². The maximum absolute atomic E-state index is 5.28. The average Bonchev–Trinajstić information content (AvgIpc) is 3.53. The molecule has 11 rings (SSSR count). The molecule has 1 aliphatic heterocycles. The van der Waals surface area contributed by atoms with E-state index in [-0.39, 0.29) is 0 Å². The Hall–Kier alpha value is -7.30. The predicted molar refractivity (Wildman–Crippen MR) is 224 cm³/mol. The van der Waals surface area contributed by atoms with Gasteiger partial charge in [0.1, 0.15) is 0 Å². The zero-order chi connectivity index (χ0) is 35.6. The van der Waals surface area contributed by atoms with Gasteiger partial charge in [-0.2, -0.15) is 0 Å². The summed E-state index contributed by atoms with van der Waals surface area (Å²) < 4.78 is 2.44. The van der Waals surface area contributed by atoms with Crippen LogP contribution in [0.5, 0.6) is 0 Å². The van der Waals surface area contributed by atoms with Crippen LogP contribution in [0, 0.1) is 0 Å². The monoisotopic (exact) mass is 688 g/mol. The van der Waals surface area contributed by atoms with Crippen molar-refractivity contribution in [2.24, 2.45) is 0 Å². The molecule has 0 spiro atoms. The van der Waals surface area contributed by atoms with Crippen molar-refractivity contribution in [2.45, 2.75) is 0 Å². The van der Waals surface area contributed by atoms with Crippen LogP contribution in [0.2, 0.25) is 0 Å². The van der Waals surface area contributed by atoms with Crippen LogP contribution in [0.15, 0.2) is 194 Å². The summed E-state index contributed by atoms with van der Waals surface area (Å²) in [4.78, 5) is 12.9. The molecule has 4 nitrogen and oxygen atoms in total. The fraction of sp³-hybridized carbons (Fsp3) is 0. The number of nitrogens with zero attached hydrogens (tertiary/aromatic N) is 4. The van der Waals surface area contributed by atoms with Gasteiger partial charge in [-0.15, -0.1) is 0 Å². The van der Waals surface area contributed by atoms with Crippen molar-refractivity contribution >= 4 is 49.6 Å². The van der Waals surface area contributed by atoms with Gasteiger partial charge in [0.25, 0.3) is 0 Å². The Labute approximate surface area is 312 Å². The highest BCUT2D eigenvalue weighted by Crippen LogP contribution is 2.55. The summed E-state index contributed by atoms with van der Waals surface area (Å²) in [6.07, 6.45) is 0. The number of aromatic nitrogens is 3. The first-order valence-corrected chi connectivity index (χ1v) is 18.4. The number of anilines is 3. The van der Waals surface area contributed by atoms with E-state index < -0.39 is 0 Å². The molecule has 4 heteroatoms. The van der Waals surface area contributed by atoms with Gasteiger partial charge in [0.05, 0.1) is 39.5 Å². The smallest absolute Gasteiger partial charge is 0.161 e. The van der Waals surface area contributed by atoms with Gasteiger partial charge in [-0.1, -0.05) is 146 Å². The summed E-state index contributed by atoms with van der Waals surface area (Å²) in [7, 11) is 0. The quantitative estimate of drug-likeness (QED) is 0.185. The fourth-order valence-corrected chi connectivity index (χ4v) is 8.44. The lowest BCUT2D eigenvalue weighted by Crippen LogP contribution is -2.12. The molecule has 0 saturated carbocycles. The molecule has 0 bridgehead atoms. The SMILES string of the molecule is c1ccc(-c2nc(-c3ccc(N4c5ccccc5-c5c(n(-c6ccccc6)c6ccccc56)-c5ccccc54)c4ccccc34)nc3ccccc23)cc1. The molecule has 252 valence electrons. The second-order valence-electron chi connectivity index (χ2n) is 13.7. The van der Waals surface area contributed by atoms with Crippen molar-refractivity contribution in [3.8, 4) is 50.7 Å². The highest BCUT2D eigenvalue weighted by Gasteiger charge is 2.32. The summed E-state index contributed by atoms with van der Waals surface area (Å²) in [5.74, 6) is 0.711. The summed E-state index contributed by atoms with van der Waals surface area (Å²) in [5, 5.41) is 4.49. The highest BCUT2D eigenvalue weighted by molar-refractivity contribution is 6.15. The van der Waals surface area contributed by atoms with Gasteiger partial charge in [0.2, 0.25) is 0 Å². The van der Waals surface area contributed by atoms with Crippen LogP contribution in [-0.4, -0.2) is 14.5 Å². The third-order valence-corrected chi connectivity index (χ3v) is 10.7. The van der Waals surface area contributed by atoms with Crippen molar-refractivity contribution < 1.29 is 0 Å². The van der Waals surface area contributed by atoms with E-state index in [2.05, 4.69) is 191 Å². The van der Waals surface area contributed by atoms with Crippen LogP contribution in [0.25, 0.3) is 83.3 Å². The predicted octanol–water partition coefficient (Wildman–Crippen LogP) is 13.2. The van der Waals surface area contributed by atoms with Crippen molar-refractivity contribution in [3.05, 3.63) is 194 Å². The highest BCUT2D eigenvalue weighted by atomic mass is 15.2. The van der Waals surface area contributed by atoms with E-state index in [9.17, 15) is 0 Å². The van der Waals surface area contributed by atoms with Crippen LogP contribution < -0.4 is 4.90 Å². The van der Waals surface area contributed by atoms with Crippen molar-refractivity contribution in [1.82, 2.24) is 14.5 Å². The molecule has 0 fully saturated rings. The molecule has 8 aromatic carbocycles. The van der Waals surface area contributed by atoms with Gasteiger partial charge in [0.15, 0.2) is 5.82 Å². The Morgan fingerprint density at radius 3 is 1.76 bits per heavy atom. The minimum Gasteiger partial charge on any atom is -0.309 e. The number of hydrogen-bond donors (Lipinski definition) is 0. The normalized spacial score (nSPS) is 12.0. The maximum atomic E-state index is 5.28. The Morgan fingerprint density at radius 1 is 0.370 bits per heavy atom. The first-order valence-electron chi connectivity index (χ1n) is 18.4. The Kier molecular flexibility index (Phi) is 6.82. The van der Waals surface area contributed by atoms with E-state index in [1.54, 1.807) is 0 Å². The molecule has 0 saturated heterocycles. The lowest BCUT2D eigenvalue weighted by Gasteiger charge is -2.29. The maximum Gasteiger partial charge on any atom is 0.161 e. The number of rotatable bonds is 4. The number of fused-ring (bicyclic) bond motifs is 9. The zero-order valence-electron chi connectivity index (χ0n) is 29.3. The minimum absolute atomic E-state index is 0.711. The van der Waals surface area contributed by atoms with Gasteiger partial charge in [0, 0.05) is 49.7 Å². The summed E-state index contributed by atoms with van der Waals surface area (Å²) >= 11 is 0. The Bertz CT molecular complexity index is 3050. The first-order chi connectivity index (χ1) is 26.8. The molecular formula is C50H32N4. The second kappa shape index (κ2) is 12.1. The second-order valence-corrected chi connectivity index (χ2v) is 13.7. The first kappa shape index (κ1) is 30.3. The Balaban J connectivity index is 1.19. The van der Waals surface area contributed by atoms with Gasteiger partial charge in [-0.25, -0.2) is 9.97 Å². The summed E-state index contributed by atoms with van der Waals surface area (Å²) in [6, 6.07) is 69.1. The van der Waals surface area contributed by atoms with Gasteiger partial charge >= 0.3 is 0 Å². The van der Waals surface area contributed by atoms with Crippen molar-refractivity contribution in [1.29, 1.82) is 0 Å². The molecular weight excluding hydrogens is 657 g/mol. The average molecular weight is 689 g/mol. The lowest BCUT2D eigenvalue weighted by atomic mass is 9.98. The Morgan fingerprint density at radius 2 is 0.963 bits per heavy atom. The molecule has 0 aliphatic carbocycles. The molecule has 54 heavy (non-hydrogen) atoms. The number of hydrogen-bond acceptors (Lipinski definition) is 3. The topological polar surface area (TPSA) is 34.0 Å². The number of benzene rings is 8. The molecule has 0 unspecified atom stereocenters. The summed E-state index contributed by atoms with van der Waals surface area (Å²) in [5.41, 5.74) is 14.4. The van der Waals surface area contributed by atoms with Gasteiger partial charge < -0.3 is 9.47 Å². The van der Waals surface area contributed by atoms with Crippen molar-refractivity contribution in [3.63, 3.8) is 0 Å². The van der Waals surface area contributed by atoms with E-state index >= 15 is 0 Å². The fourth-order valence-electron chi connectivity index (χ4n) is 8.44.